The number of nitrogens with zero attached hydrogens (tertiary/aromatic N) is 1. The average Bonchev–Trinajstić information content (AvgIpc) is 2.81. The van der Waals surface area contributed by atoms with Crippen LogP contribution in [0.25, 0.3) is 0 Å². The molecular weight excluding hydrogens is 466 g/mol. The highest BCUT2D eigenvalue weighted by Gasteiger charge is 2.24. The van der Waals surface area contributed by atoms with Gasteiger partial charge in [0.05, 0.1) is 6.61 Å². The first kappa shape index (κ1) is 25.4. The van der Waals surface area contributed by atoms with Gasteiger partial charge in [0.2, 0.25) is 0 Å². The molecule has 0 atom stereocenters. The van der Waals surface area contributed by atoms with Gasteiger partial charge in [0.1, 0.15) is 0 Å². The van der Waals surface area contributed by atoms with Crippen molar-refractivity contribution in [3.63, 3.8) is 0 Å². The zero-order valence-corrected chi connectivity index (χ0v) is 19.5. The standard InChI is InChI=1S/C24H27ClF2N4O3/c1-2-34-24(33)30-19-10-8-18(9-11-19)29-23(28-14-15-3-6-17(25)7-4-15)31-22(32)16-5-12-20(26)21(27)13-16/h3-7,12-13,18-19H,2,8-11,14H2,1H3,(H,30,33)(H2,28,29,31,32)/t18-,19-. The summed E-state index contributed by atoms with van der Waals surface area (Å²) in [5, 5.41) is 9.80. The molecule has 10 heteroatoms. The Balaban J connectivity index is 1.66. The number of benzene rings is 2. The highest BCUT2D eigenvalue weighted by molar-refractivity contribution is 6.30. The topological polar surface area (TPSA) is 91.8 Å². The van der Waals surface area contributed by atoms with Crippen molar-refractivity contribution in [2.24, 2.45) is 4.99 Å². The molecule has 0 unspecified atom stereocenters. The Hall–Kier alpha value is -3.20. The Bertz CT molecular complexity index is 1030. The first-order valence-electron chi connectivity index (χ1n) is 11.1. The molecule has 0 bridgehead atoms. The van der Waals surface area contributed by atoms with Crippen molar-refractivity contribution in [3.05, 3.63) is 70.2 Å². The molecule has 7 nitrogen and oxygen atoms in total. The lowest BCUT2D eigenvalue weighted by Gasteiger charge is -2.30. The summed E-state index contributed by atoms with van der Waals surface area (Å²) in [5.41, 5.74) is 0.857. The fourth-order valence-corrected chi connectivity index (χ4v) is 3.75. The third-order valence-electron chi connectivity index (χ3n) is 5.42. The van der Waals surface area contributed by atoms with Gasteiger partial charge in [0.25, 0.3) is 5.91 Å². The lowest BCUT2D eigenvalue weighted by atomic mass is 9.91. The van der Waals surface area contributed by atoms with E-state index in [2.05, 4.69) is 20.9 Å². The molecule has 0 radical (unpaired) electrons. The maximum atomic E-state index is 13.6. The second kappa shape index (κ2) is 12.3. The number of amides is 2. The Morgan fingerprint density at radius 3 is 2.26 bits per heavy atom. The summed E-state index contributed by atoms with van der Waals surface area (Å²) < 4.78 is 31.7. The molecule has 1 fully saturated rings. The number of rotatable bonds is 6. The number of carbonyl (C=O) groups excluding carboxylic acids is 2. The molecule has 0 spiro atoms. The molecule has 2 aromatic carbocycles. The molecule has 2 aromatic rings. The molecule has 182 valence electrons. The van der Waals surface area contributed by atoms with Gasteiger partial charge in [0, 0.05) is 29.2 Å². The quantitative estimate of drug-likeness (QED) is 0.406. The first-order chi connectivity index (χ1) is 16.3. The van der Waals surface area contributed by atoms with E-state index in [1.54, 1.807) is 19.1 Å². The van der Waals surface area contributed by atoms with Crippen LogP contribution in [0.4, 0.5) is 13.6 Å². The van der Waals surface area contributed by atoms with Crippen LogP contribution >= 0.6 is 11.6 Å². The fourth-order valence-electron chi connectivity index (χ4n) is 3.62. The number of aliphatic imine (C=N–C) groups is 1. The van der Waals surface area contributed by atoms with E-state index in [0.717, 1.165) is 43.4 Å². The summed E-state index contributed by atoms with van der Waals surface area (Å²) in [7, 11) is 0. The third-order valence-corrected chi connectivity index (χ3v) is 5.67. The molecule has 2 amide bonds. The Morgan fingerprint density at radius 2 is 1.65 bits per heavy atom. The largest absolute Gasteiger partial charge is 0.450 e. The van der Waals surface area contributed by atoms with Crippen LogP contribution < -0.4 is 16.0 Å². The maximum Gasteiger partial charge on any atom is 0.407 e. The number of alkyl carbamates (subject to hydrolysis) is 1. The first-order valence-corrected chi connectivity index (χ1v) is 11.5. The molecule has 0 heterocycles. The van der Waals surface area contributed by atoms with Gasteiger partial charge < -0.3 is 20.7 Å². The lowest BCUT2D eigenvalue weighted by molar-refractivity contribution is 0.100. The van der Waals surface area contributed by atoms with Crippen LogP contribution in [0, 0.1) is 11.6 Å². The number of nitrogens with one attached hydrogen (secondary N) is 3. The lowest BCUT2D eigenvalue weighted by Crippen LogP contribution is -2.47. The summed E-state index contributed by atoms with van der Waals surface area (Å²) in [4.78, 5) is 28.3. The molecule has 0 aromatic heterocycles. The summed E-state index contributed by atoms with van der Waals surface area (Å²) >= 11 is 5.93. The van der Waals surface area contributed by atoms with E-state index in [0.29, 0.717) is 18.2 Å². The monoisotopic (exact) mass is 492 g/mol. The van der Waals surface area contributed by atoms with Gasteiger partial charge in [-0.25, -0.2) is 13.6 Å². The van der Waals surface area contributed by atoms with Gasteiger partial charge >= 0.3 is 6.09 Å². The van der Waals surface area contributed by atoms with Crippen molar-refractivity contribution in [3.8, 4) is 0 Å². The molecule has 3 N–H and O–H groups in total. The number of hydrogen-bond donors (Lipinski definition) is 3. The smallest absolute Gasteiger partial charge is 0.407 e. The molecule has 34 heavy (non-hydrogen) atoms. The van der Waals surface area contributed by atoms with Crippen molar-refractivity contribution >= 4 is 29.6 Å². The molecule has 3 rings (SSSR count). The molecule has 0 aliphatic heterocycles. The zero-order valence-electron chi connectivity index (χ0n) is 18.7. The van der Waals surface area contributed by atoms with E-state index in [1.807, 2.05) is 12.1 Å². The van der Waals surface area contributed by atoms with Crippen molar-refractivity contribution in [1.29, 1.82) is 0 Å². The minimum absolute atomic E-state index is 0.00877. The van der Waals surface area contributed by atoms with E-state index >= 15 is 0 Å². The van der Waals surface area contributed by atoms with Gasteiger partial charge in [-0.15, -0.1) is 0 Å². The number of carbonyl (C=O) groups is 2. The van der Waals surface area contributed by atoms with E-state index in [-0.39, 0.29) is 23.6 Å². The van der Waals surface area contributed by atoms with Crippen LogP contribution in [0.15, 0.2) is 47.5 Å². The van der Waals surface area contributed by atoms with Gasteiger partial charge in [0.15, 0.2) is 17.6 Å². The fraction of sp³-hybridized carbons (Fsp3) is 0.375. The van der Waals surface area contributed by atoms with Crippen molar-refractivity contribution in [1.82, 2.24) is 16.0 Å². The van der Waals surface area contributed by atoms with Crippen molar-refractivity contribution in [2.45, 2.75) is 51.2 Å². The SMILES string of the molecule is CCOC(=O)N[C@H]1CC[C@H](N/C(=N\C(=O)c2ccc(F)c(F)c2)NCc2ccc(Cl)cc2)CC1. The van der Waals surface area contributed by atoms with E-state index in [1.165, 1.54) is 6.07 Å². The second-order valence-electron chi connectivity index (χ2n) is 7.93. The van der Waals surface area contributed by atoms with Crippen LogP contribution in [0.2, 0.25) is 5.02 Å². The van der Waals surface area contributed by atoms with E-state index in [4.69, 9.17) is 16.3 Å². The van der Waals surface area contributed by atoms with Gasteiger partial charge in [-0.05, 0) is 68.5 Å². The zero-order chi connectivity index (χ0) is 24.5. The van der Waals surface area contributed by atoms with Crippen LogP contribution in [0.5, 0.6) is 0 Å². The number of guanidine groups is 1. The van der Waals surface area contributed by atoms with Crippen molar-refractivity contribution in [2.75, 3.05) is 6.61 Å². The minimum Gasteiger partial charge on any atom is -0.450 e. The van der Waals surface area contributed by atoms with Gasteiger partial charge in [-0.3, -0.25) is 4.79 Å². The summed E-state index contributed by atoms with van der Waals surface area (Å²) in [6.07, 6.45) is 2.51. The average molecular weight is 493 g/mol. The van der Waals surface area contributed by atoms with Crippen LogP contribution in [0.3, 0.4) is 0 Å². The minimum atomic E-state index is -1.11. The van der Waals surface area contributed by atoms with Crippen LogP contribution in [0.1, 0.15) is 48.5 Å². The predicted molar refractivity (Wildman–Crippen MR) is 126 cm³/mol. The van der Waals surface area contributed by atoms with Gasteiger partial charge in [-0.2, -0.15) is 4.99 Å². The van der Waals surface area contributed by atoms with E-state index < -0.39 is 23.6 Å². The van der Waals surface area contributed by atoms with Gasteiger partial charge in [-0.1, -0.05) is 23.7 Å². The Kier molecular flexibility index (Phi) is 9.21. The van der Waals surface area contributed by atoms with Crippen LogP contribution in [-0.2, 0) is 11.3 Å². The summed E-state index contributed by atoms with van der Waals surface area (Å²) in [6.45, 7) is 2.43. The Labute approximate surface area is 201 Å². The molecule has 0 saturated heterocycles. The van der Waals surface area contributed by atoms with Crippen molar-refractivity contribution < 1.29 is 23.1 Å². The number of ether oxygens (including phenoxy) is 1. The van der Waals surface area contributed by atoms with E-state index in [9.17, 15) is 18.4 Å². The molecular formula is C24H27ClF2N4O3. The highest BCUT2D eigenvalue weighted by Crippen LogP contribution is 2.19. The third kappa shape index (κ3) is 7.69. The second-order valence-corrected chi connectivity index (χ2v) is 8.37. The Morgan fingerprint density at radius 1 is 1.00 bits per heavy atom. The molecule has 1 saturated carbocycles. The highest BCUT2D eigenvalue weighted by atomic mass is 35.5. The molecule has 1 aliphatic carbocycles. The van der Waals surface area contributed by atoms with Crippen LogP contribution in [-0.4, -0.2) is 36.7 Å². The summed E-state index contributed by atoms with van der Waals surface area (Å²) in [5.74, 6) is -2.63. The summed E-state index contributed by atoms with van der Waals surface area (Å²) in [6, 6.07) is 10.1. The molecule has 1 aliphatic rings. The number of halogens is 3. The normalized spacial score (nSPS) is 18.2. The number of hydrogen-bond acceptors (Lipinski definition) is 3. The maximum absolute atomic E-state index is 13.6. The predicted octanol–water partition coefficient (Wildman–Crippen LogP) is 4.55.